The lowest BCUT2D eigenvalue weighted by Crippen LogP contribution is -2.42. The smallest absolute Gasteiger partial charge is 0.425 e. The molecule has 0 saturated carbocycles. The van der Waals surface area contributed by atoms with E-state index in [1.165, 1.54) is 10.7 Å². The Morgan fingerprint density at radius 3 is 2.93 bits per heavy atom. The first kappa shape index (κ1) is 18.0. The van der Waals surface area contributed by atoms with Crippen molar-refractivity contribution in [1.82, 2.24) is 15.1 Å². The van der Waals surface area contributed by atoms with Gasteiger partial charge in [-0.05, 0) is 30.2 Å². The van der Waals surface area contributed by atoms with Crippen LogP contribution in [-0.2, 0) is 13.0 Å². The number of benzene rings is 1. The van der Waals surface area contributed by atoms with Crippen LogP contribution in [0.25, 0.3) is 0 Å². The summed E-state index contributed by atoms with van der Waals surface area (Å²) in [6.45, 7) is 0.311. The molecule has 3 heterocycles. The standard InChI is InChI=1S/C17H15ClF3N3O3/c18-10-1-2-13-9(5-10)6-11(8-26-13)22-16(25)12-7-15-24(23-12)4-3-14(27-15)17(19,20)21/h1-2,5,7,11,14H,3-4,6,8H2,(H,22,25)/t11-,14?/m1/s1. The average Bonchev–Trinajstić information content (AvgIpc) is 3.04. The third kappa shape index (κ3) is 3.69. The Balaban J connectivity index is 1.44. The zero-order valence-corrected chi connectivity index (χ0v) is 14.7. The van der Waals surface area contributed by atoms with Crippen LogP contribution < -0.4 is 14.8 Å². The molecule has 10 heteroatoms. The molecule has 0 fully saturated rings. The average molecular weight is 402 g/mol. The van der Waals surface area contributed by atoms with Crippen molar-refractivity contribution in [3.05, 3.63) is 40.5 Å². The molecule has 1 aromatic heterocycles. The van der Waals surface area contributed by atoms with Gasteiger partial charge in [0.25, 0.3) is 5.91 Å². The molecule has 1 unspecified atom stereocenters. The van der Waals surface area contributed by atoms with E-state index in [1.807, 2.05) is 0 Å². The number of amides is 1. The zero-order valence-electron chi connectivity index (χ0n) is 13.9. The molecule has 27 heavy (non-hydrogen) atoms. The van der Waals surface area contributed by atoms with Crippen molar-refractivity contribution < 1.29 is 27.4 Å². The van der Waals surface area contributed by atoms with Crippen LogP contribution in [0.4, 0.5) is 13.2 Å². The number of aromatic nitrogens is 2. The number of nitrogens with zero attached hydrogens (tertiary/aromatic N) is 2. The minimum Gasteiger partial charge on any atom is -0.491 e. The van der Waals surface area contributed by atoms with Gasteiger partial charge in [0, 0.05) is 24.1 Å². The Labute approximate surface area is 157 Å². The molecular weight excluding hydrogens is 387 g/mol. The first-order valence-corrected chi connectivity index (χ1v) is 8.71. The summed E-state index contributed by atoms with van der Waals surface area (Å²) in [4.78, 5) is 12.4. The molecule has 2 aromatic rings. The van der Waals surface area contributed by atoms with Gasteiger partial charge in [-0.3, -0.25) is 4.79 Å². The summed E-state index contributed by atoms with van der Waals surface area (Å²) >= 11 is 5.98. The first-order valence-electron chi connectivity index (χ1n) is 8.33. The second-order valence-corrected chi connectivity index (χ2v) is 6.90. The van der Waals surface area contributed by atoms with Crippen LogP contribution in [0.1, 0.15) is 22.5 Å². The number of carbonyl (C=O) groups is 1. The maximum Gasteiger partial charge on any atom is 0.425 e. The Morgan fingerprint density at radius 1 is 1.33 bits per heavy atom. The number of carbonyl (C=O) groups excluding carboxylic acids is 1. The van der Waals surface area contributed by atoms with Gasteiger partial charge in [0.05, 0.1) is 6.04 Å². The summed E-state index contributed by atoms with van der Waals surface area (Å²) < 4.78 is 50.2. The maximum atomic E-state index is 12.8. The van der Waals surface area contributed by atoms with E-state index in [0.717, 1.165) is 5.56 Å². The van der Waals surface area contributed by atoms with E-state index < -0.39 is 18.2 Å². The maximum absolute atomic E-state index is 12.8. The fraction of sp³-hybridized carbons (Fsp3) is 0.412. The number of halogens is 4. The second-order valence-electron chi connectivity index (χ2n) is 6.47. The summed E-state index contributed by atoms with van der Waals surface area (Å²) in [5.41, 5.74) is 0.879. The highest BCUT2D eigenvalue weighted by molar-refractivity contribution is 6.30. The second kappa shape index (κ2) is 6.63. The Bertz CT molecular complexity index is 884. The normalized spacial score (nSPS) is 21.5. The van der Waals surface area contributed by atoms with Gasteiger partial charge < -0.3 is 14.8 Å². The van der Waals surface area contributed by atoms with Gasteiger partial charge in [-0.25, -0.2) is 4.68 Å². The van der Waals surface area contributed by atoms with E-state index in [1.54, 1.807) is 18.2 Å². The molecule has 1 N–H and O–H groups in total. The molecule has 2 atom stereocenters. The number of aryl methyl sites for hydroxylation is 1. The van der Waals surface area contributed by atoms with Gasteiger partial charge in [0.1, 0.15) is 12.4 Å². The van der Waals surface area contributed by atoms with E-state index in [9.17, 15) is 18.0 Å². The number of fused-ring (bicyclic) bond motifs is 2. The van der Waals surface area contributed by atoms with Gasteiger partial charge in [-0.1, -0.05) is 11.6 Å². The fourth-order valence-corrected chi connectivity index (χ4v) is 3.35. The summed E-state index contributed by atoms with van der Waals surface area (Å²) in [5.74, 6) is 0.155. The van der Waals surface area contributed by atoms with Crippen molar-refractivity contribution in [2.45, 2.75) is 37.7 Å². The summed E-state index contributed by atoms with van der Waals surface area (Å²) in [7, 11) is 0. The molecule has 0 bridgehead atoms. The number of hydrogen-bond acceptors (Lipinski definition) is 4. The van der Waals surface area contributed by atoms with Gasteiger partial charge in [-0.2, -0.15) is 18.3 Å². The molecule has 0 spiro atoms. The molecule has 1 aromatic carbocycles. The van der Waals surface area contributed by atoms with Gasteiger partial charge >= 0.3 is 6.18 Å². The quantitative estimate of drug-likeness (QED) is 0.840. The van der Waals surface area contributed by atoms with Crippen molar-refractivity contribution in [2.75, 3.05) is 6.61 Å². The molecule has 0 saturated heterocycles. The lowest BCUT2D eigenvalue weighted by molar-refractivity contribution is -0.203. The third-order valence-electron chi connectivity index (χ3n) is 4.47. The van der Waals surface area contributed by atoms with Crippen molar-refractivity contribution in [1.29, 1.82) is 0 Å². The molecule has 0 aliphatic carbocycles. The highest BCUT2D eigenvalue weighted by Gasteiger charge is 2.44. The molecule has 4 rings (SSSR count). The Morgan fingerprint density at radius 2 is 2.15 bits per heavy atom. The summed E-state index contributed by atoms with van der Waals surface area (Å²) in [6, 6.07) is 6.19. The lowest BCUT2D eigenvalue weighted by atomic mass is 10.0. The number of hydrogen-bond donors (Lipinski definition) is 1. The number of rotatable bonds is 2. The van der Waals surface area contributed by atoms with Crippen LogP contribution in [0.3, 0.4) is 0 Å². The fourth-order valence-electron chi connectivity index (χ4n) is 3.16. The number of nitrogens with one attached hydrogen (secondary N) is 1. The summed E-state index contributed by atoms with van der Waals surface area (Å²) in [5, 5.41) is 7.40. The Kier molecular flexibility index (Phi) is 4.41. The SMILES string of the molecule is O=C(N[C@H]1COc2ccc(Cl)cc2C1)c1cc2n(n1)CCC(C(F)(F)F)O2. The molecule has 2 aliphatic rings. The largest absolute Gasteiger partial charge is 0.491 e. The van der Waals surface area contributed by atoms with E-state index in [0.29, 0.717) is 17.2 Å². The predicted octanol–water partition coefficient (Wildman–Crippen LogP) is 2.98. The monoisotopic (exact) mass is 401 g/mol. The van der Waals surface area contributed by atoms with Gasteiger partial charge in [0.15, 0.2) is 11.8 Å². The minimum atomic E-state index is -4.45. The van der Waals surface area contributed by atoms with Crippen molar-refractivity contribution >= 4 is 17.5 Å². The summed E-state index contributed by atoms with van der Waals surface area (Å²) in [6.07, 6.45) is -6.05. The van der Waals surface area contributed by atoms with E-state index >= 15 is 0 Å². The van der Waals surface area contributed by atoms with E-state index in [2.05, 4.69) is 10.4 Å². The lowest BCUT2D eigenvalue weighted by Gasteiger charge is -2.26. The highest BCUT2D eigenvalue weighted by atomic mass is 35.5. The van der Waals surface area contributed by atoms with Crippen molar-refractivity contribution in [3.8, 4) is 11.6 Å². The molecular formula is C17H15ClF3N3O3. The highest BCUT2D eigenvalue weighted by Crippen LogP contribution is 2.32. The van der Waals surface area contributed by atoms with Gasteiger partial charge in [0.2, 0.25) is 5.88 Å². The van der Waals surface area contributed by atoms with Crippen LogP contribution in [0, 0.1) is 0 Å². The molecule has 0 radical (unpaired) electrons. The van der Waals surface area contributed by atoms with Crippen LogP contribution >= 0.6 is 11.6 Å². The Hall–Kier alpha value is -2.42. The van der Waals surface area contributed by atoms with Crippen LogP contribution in [0.2, 0.25) is 5.02 Å². The van der Waals surface area contributed by atoms with E-state index in [-0.39, 0.29) is 37.2 Å². The van der Waals surface area contributed by atoms with Gasteiger partial charge in [-0.15, -0.1) is 0 Å². The first-order chi connectivity index (χ1) is 12.8. The van der Waals surface area contributed by atoms with Crippen LogP contribution in [-0.4, -0.2) is 40.6 Å². The molecule has 1 amide bonds. The predicted molar refractivity (Wildman–Crippen MR) is 89.2 cm³/mol. The zero-order chi connectivity index (χ0) is 19.2. The van der Waals surface area contributed by atoms with E-state index in [4.69, 9.17) is 21.1 Å². The van der Waals surface area contributed by atoms with Crippen molar-refractivity contribution in [2.24, 2.45) is 0 Å². The number of alkyl halides is 3. The molecule has 6 nitrogen and oxygen atoms in total. The molecule has 2 aliphatic heterocycles. The van der Waals surface area contributed by atoms with Crippen molar-refractivity contribution in [3.63, 3.8) is 0 Å². The van der Waals surface area contributed by atoms with Crippen LogP contribution in [0.5, 0.6) is 11.6 Å². The molecule has 144 valence electrons. The third-order valence-corrected chi connectivity index (χ3v) is 4.71. The minimum absolute atomic E-state index is 0.00437. The topological polar surface area (TPSA) is 65.4 Å². The number of ether oxygens (including phenoxy) is 2. The van der Waals surface area contributed by atoms with Crippen LogP contribution in [0.15, 0.2) is 24.3 Å².